The van der Waals surface area contributed by atoms with Crippen molar-refractivity contribution in [3.05, 3.63) is 53.1 Å². The number of anilines is 1. The number of nitrogens with zero attached hydrogens (tertiary/aromatic N) is 3. The van der Waals surface area contributed by atoms with Crippen molar-refractivity contribution < 1.29 is 27.8 Å². The number of fused-ring (bicyclic) bond motifs is 9. The van der Waals surface area contributed by atoms with Crippen LogP contribution in [0.5, 0.6) is 5.75 Å². The standard InChI is InChI=1S/C24H23F3N4O3/c1-24(2,33)11-9-30(10-11)16-8-17-14(6-13(16)25)28-21-15-7-18(31(17)21)20-12(22(32)29-15)4-3-5-19(20)34-23(26)27/h3-6,8,11,15,18,23,33H,7,9-10H2,1-2H3,(H,29,32)/t15-,18-/m1/s1. The zero-order valence-corrected chi connectivity index (χ0v) is 18.6. The highest BCUT2D eigenvalue weighted by atomic mass is 19.3. The first-order valence-corrected chi connectivity index (χ1v) is 11.2. The summed E-state index contributed by atoms with van der Waals surface area (Å²) in [5.41, 5.74) is 1.27. The minimum Gasteiger partial charge on any atom is -0.434 e. The number of halogens is 3. The number of hydrogen-bond acceptors (Lipinski definition) is 5. The van der Waals surface area contributed by atoms with Gasteiger partial charge in [-0.25, -0.2) is 9.37 Å². The van der Waals surface area contributed by atoms with Gasteiger partial charge < -0.3 is 24.6 Å². The fraction of sp³-hybridized carbons (Fsp3) is 0.417. The molecule has 0 saturated carbocycles. The van der Waals surface area contributed by atoms with E-state index in [1.54, 1.807) is 26.0 Å². The van der Waals surface area contributed by atoms with Crippen LogP contribution in [0.1, 0.15) is 54.1 Å². The predicted octanol–water partition coefficient (Wildman–Crippen LogP) is 3.76. The molecule has 2 bridgehead atoms. The summed E-state index contributed by atoms with van der Waals surface area (Å²) in [7, 11) is 0. The highest BCUT2D eigenvalue weighted by Gasteiger charge is 2.43. The Morgan fingerprint density at radius 1 is 1.26 bits per heavy atom. The Morgan fingerprint density at radius 2 is 2.03 bits per heavy atom. The van der Waals surface area contributed by atoms with Crippen LogP contribution in [-0.4, -0.2) is 45.9 Å². The first-order chi connectivity index (χ1) is 16.1. The van der Waals surface area contributed by atoms with Gasteiger partial charge in [0.2, 0.25) is 0 Å². The molecule has 3 aromatic rings. The molecule has 10 heteroatoms. The number of hydrogen-bond donors (Lipinski definition) is 2. The van der Waals surface area contributed by atoms with E-state index >= 15 is 4.39 Å². The van der Waals surface area contributed by atoms with Crippen molar-refractivity contribution in [2.75, 3.05) is 18.0 Å². The Morgan fingerprint density at radius 3 is 2.74 bits per heavy atom. The summed E-state index contributed by atoms with van der Waals surface area (Å²) in [5, 5.41) is 13.2. The minimum absolute atomic E-state index is 0.0256. The average Bonchev–Trinajstić information content (AvgIpc) is 3.17. The predicted molar refractivity (Wildman–Crippen MR) is 118 cm³/mol. The molecule has 1 aromatic heterocycles. The maximum atomic E-state index is 15.0. The second-order valence-electron chi connectivity index (χ2n) is 9.76. The van der Waals surface area contributed by atoms with Gasteiger partial charge in [-0.05, 0) is 38.5 Å². The Kier molecular flexibility index (Phi) is 4.45. The number of alkyl halides is 2. The van der Waals surface area contributed by atoms with Gasteiger partial charge in [0.15, 0.2) is 0 Å². The van der Waals surface area contributed by atoms with Gasteiger partial charge >= 0.3 is 6.61 Å². The van der Waals surface area contributed by atoms with Gasteiger partial charge in [0.05, 0.1) is 34.4 Å². The van der Waals surface area contributed by atoms with E-state index in [4.69, 9.17) is 4.74 Å². The van der Waals surface area contributed by atoms with Crippen LogP contribution in [0.15, 0.2) is 30.3 Å². The fourth-order valence-electron chi connectivity index (χ4n) is 5.39. The topological polar surface area (TPSA) is 79.6 Å². The second-order valence-corrected chi connectivity index (χ2v) is 9.76. The van der Waals surface area contributed by atoms with E-state index in [0.29, 0.717) is 47.6 Å². The molecule has 1 amide bonds. The summed E-state index contributed by atoms with van der Waals surface area (Å²) >= 11 is 0. The number of carbonyl (C=O) groups is 1. The van der Waals surface area contributed by atoms with E-state index in [-0.39, 0.29) is 23.1 Å². The minimum atomic E-state index is -3.04. The lowest BCUT2D eigenvalue weighted by Gasteiger charge is -2.46. The monoisotopic (exact) mass is 472 g/mol. The number of benzene rings is 2. The van der Waals surface area contributed by atoms with Gasteiger partial charge in [-0.3, -0.25) is 4.79 Å². The maximum absolute atomic E-state index is 15.0. The molecule has 7 nitrogen and oxygen atoms in total. The van der Waals surface area contributed by atoms with E-state index in [1.807, 2.05) is 9.47 Å². The maximum Gasteiger partial charge on any atom is 0.387 e. The number of carbonyl (C=O) groups excluding carboxylic acids is 1. The summed E-state index contributed by atoms with van der Waals surface area (Å²) < 4.78 is 48.0. The molecule has 1 fully saturated rings. The lowest BCUT2D eigenvalue weighted by atomic mass is 9.84. The molecule has 2 atom stereocenters. The van der Waals surface area contributed by atoms with Gasteiger partial charge in [-0.1, -0.05) is 6.07 Å². The fourth-order valence-corrected chi connectivity index (χ4v) is 5.39. The first kappa shape index (κ1) is 21.3. The van der Waals surface area contributed by atoms with Crippen LogP contribution >= 0.6 is 0 Å². The van der Waals surface area contributed by atoms with Crippen molar-refractivity contribution in [3.8, 4) is 5.75 Å². The quantitative estimate of drug-likeness (QED) is 0.605. The number of nitrogens with one attached hydrogen (secondary N) is 1. The van der Waals surface area contributed by atoms with Crippen LogP contribution in [0.2, 0.25) is 0 Å². The lowest BCUT2D eigenvalue weighted by molar-refractivity contribution is -0.0507. The number of aromatic nitrogens is 2. The third kappa shape index (κ3) is 3.08. The zero-order valence-electron chi connectivity index (χ0n) is 18.6. The molecule has 6 rings (SSSR count). The average molecular weight is 472 g/mol. The molecule has 0 spiro atoms. The number of aliphatic hydroxyl groups is 1. The highest BCUT2D eigenvalue weighted by molar-refractivity contribution is 5.98. The first-order valence-electron chi connectivity index (χ1n) is 11.2. The third-order valence-corrected chi connectivity index (χ3v) is 7.25. The van der Waals surface area contributed by atoms with Gasteiger partial charge in [0.1, 0.15) is 17.4 Å². The van der Waals surface area contributed by atoms with Crippen LogP contribution < -0.4 is 15.0 Å². The molecule has 4 heterocycles. The third-order valence-electron chi connectivity index (χ3n) is 7.25. The molecule has 0 aliphatic carbocycles. The smallest absolute Gasteiger partial charge is 0.387 e. The summed E-state index contributed by atoms with van der Waals surface area (Å²) in [4.78, 5) is 19.3. The Bertz CT molecular complexity index is 1330. The summed E-state index contributed by atoms with van der Waals surface area (Å²) in [5.74, 6) is -0.280. The van der Waals surface area contributed by atoms with Crippen LogP contribution in [0, 0.1) is 11.7 Å². The van der Waals surface area contributed by atoms with Crippen molar-refractivity contribution in [2.24, 2.45) is 5.92 Å². The van der Waals surface area contributed by atoms with Crippen molar-refractivity contribution in [3.63, 3.8) is 0 Å². The van der Waals surface area contributed by atoms with Crippen LogP contribution in [0.3, 0.4) is 0 Å². The normalized spacial score (nSPS) is 21.9. The van der Waals surface area contributed by atoms with E-state index in [9.17, 15) is 18.7 Å². The molecular weight excluding hydrogens is 449 g/mol. The molecule has 0 unspecified atom stereocenters. The molecule has 3 aliphatic rings. The van der Waals surface area contributed by atoms with Crippen molar-refractivity contribution >= 4 is 22.6 Å². The molecule has 178 valence electrons. The molecule has 1 saturated heterocycles. The number of amides is 1. The van der Waals surface area contributed by atoms with E-state index < -0.39 is 30.1 Å². The van der Waals surface area contributed by atoms with Gasteiger partial charge in [0.25, 0.3) is 5.91 Å². The molecule has 3 aliphatic heterocycles. The van der Waals surface area contributed by atoms with Gasteiger partial charge in [-0.15, -0.1) is 0 Å². The van der Waals surface area contributed by atoms with E-state index in [2.05, 4.69) is 10.3 Å². The number of rotatable bonds is 4. The zero-order chi connectivity index (χ0) is 23.9. The second kappa shape index (κ2) is 7.11. The largest absolute Gasteiger partial charge is 0.434 e. The molecule has 2 aromatic carbocycles. The summed E-state index contributed by atoms with van der Waals surface area (Å²) in [6.45, 7) is 1.48. The van der Waals surface area contributed by atoms with E-state index in [0.717, 1.165) is 0 Å². The summed E-state index contributed by atoms with van der Waals surface area (Å²) in [6.07, 6.45) is 0.428. The Balaban J connectivity index is 1.48. The van der Waals surface area contributed by atoms with Crippen molar-refractivity contribution in [2.45, 2.75) is 44.6 Å². The number of ether oxygens (including phenoxy) is 1. The molecule has 34 heavy (non-hydrogen) atoms. The number of imidazole rings is 1. The summed E-state index contributed by atoms with van der Waals surface area (Å²) in [6, 6.07) is 6.70. The van der Waals surface area contributed by atoms with Gasteiger partial charge in [-0.2, -0.15) is 8.78 Å². The highest BCUT2D eigenvalue weighted by Crippen LogP contribution is 2.48. The Hall–Kier alpha value is -3.27. The molecular formula is C24H23F3N4O3. The molecule has 2 N–H and O–H groups in total. The Labute approximate surface area is 193 Å². The van der Waals surface area contributed by atoms with Crippen LogP contribution in [0.25, 0.3) is 11.0 Å². The van der Waals surface area contributed by atoms with Crippen molar-refractivity contribution in [1.82, 2.24) is 14.9 Å². The lowest BCUT2D eigenvalue weighted by Crippen LogP contribution is -2.56. The van der Waals surface area contributed by atoms with E-state index in [1.165, 1.54) is 18.2 Å². The van der Waals surface area contributed by atoms with Crippen molar-refractivity contribution in [1.29, 1.82) is 0 Å². The molecule has 0 radical (unpaired) electrons. The van der Waals surface area contributed by atoms with Crippen LogP contribution in [0.4, 0.5) is 18.9 Å². The van der Waals surface area contributed by atoms with Crippen LogP contribution in [-0.2, 0) is 0 Å². The van der Waals surface area contributed by atoms with Gasteiger partial charge in [0, 0.05) is 36.2 Å². The SMILES string of the molecule is CC(C)(O)C1CN(c2cc3c(cc2F)nc2n3[C@@H]3C[C@H]2NC(=O)c2cccc(OC(F)F)c23)C1.